The van der Waals surface area contributed by atoms with Crippen LogP contribution in [-0.4, -0.2) is 36.6 Å². The maximum Gasteiger partial charge on any atom is 0.414 e. The molecule has 0 spiro atoms. The number of benzene rings is 1. The lowest BCUT2D eigenvalue weighted by atomic mass is 10.1. The summed E-state index contributed by atoms with van der Waals surface area (Å²) < 4.78 is 5.04. The molecule has 108 valence electrons. The number of halogens is 1. The van der Waals surface area contributed by atoms with Gasteiger partial charge in [-0.25, -0.2) is 4.79 Å². The highest BCUT2D eigenvalue weighted by Crippen LogP contribution is 2.29. The van der Waals surface area contributed by atoms with E-state index in [0.29, 0.717) is 17.5 Å². The molecule has 0 aromatic heterocycles. The molecule has 1 heterocycles. The molecule has 0 aliphatic carbocycles. The smallest absolute Gasteiger partial charge is 0.414 e. The first-order chi connectivity index (χ1) is 9.49. The van der Waals surface area contributed by atoms with Crippen LogP contribution in [0.1, 0.15) is 25.5 Å². The Balaban J connectivity index is 2.04. The molecule has 0 radical (unpaired) electrons. The van der Waals surface area contributed by atoms with Crippen molar-refractivity contribution in [3.05, 3.63) is 34.9 Å². The Kier molecular flexibility index (Phi) is 4.49. The van der Waals surface area contributed by atoms with Gasteiger partial charge in [0, 0.05) is 12.1 Å². The lowest BCUT2D eigenvalue weighted by Crippen LogP contribution is -2.41. The van der Waals surface area contributed by atoms with Crippen molar-refractivity contribution in [1.29, 1.82) is 0 Å². The topological polar surface area (TPSA) is 53.9 Å². The third-order valence-corrected chi connectivity index (χ3v) is 3.38. The molecule has 6 heteroatoms. The summed E-state index contributed by atoms with van der Waals surface area (Å²) in [4.78, 5) is 17.8. The number of hydrogen-bond donors (Lipinski definition) is 1. The Morgan fingerprint density at radius 2 is 2.20 bits per heavy atom. The molecule has 20 heavy (non-hydrogen) atoms. The van der Waals surface area contributed by atoms with Crippen molar-refractivity contribution in [2.45, 2.75) is 26.0 Å². The Hall–Kier alpha value is -1.75. The summed E-state index contributed by atoms with van der Waals surface area (Å²) in [6, 6.07) is 7.67. The molecule has 0 bridgehead atoms. The van der Waals surface area contributed by atoms with Gasteiger partial charge in [0.25, 0.3) is 0 Å². The van der Waals surface area contributed by atoms with Gasteiger partial charge >= 0.3 is 6.09 Å². The highest BCUT2D eigenvalue weighted by atomic mass is 35.5. The second-order valence-electron chi connectivity index (χ2n) is 4.89. The summed E-state index contributed by atoms with van der Waals surface area (Å²) in [6.07, 6.45) is -0.660. The molecule has 1 aliphatic heterocycles. The monoisotopic (exact) mass is 295 g/mol. The number of likely N-dealkylation sites (N-methyl/N-ethyl adjacent to an activating group) is 1. The Morgan fingerprint density at radius 3 is 2.85 bits per heavy atom. The van der Waals surface area contributed by atoms with Gasteiger partial charge in [-0.2, -0.15) is 0 Å². The van der Waals surface area contributed by atoms with Crippen molar-refractivity contribution in [3.63, 3.8) is 0 Å². The second-order valence-corrected chi connectivity index (χ2v) is 5.30. The quantitative estimate of drug-likeness (QED) is 0.913. The van der Waals surface area contributed by atoms with Gasteiger partial charge in [-0.3, -0.25) is 10.3 Å². The van der Waals surface area contributed by atoms with Gasteiger partial charge in [-0.05, 0) is 25.5 Å². The Labute approximate surface area is 123 Å². The molecular formula is C14H18ClN3O2. The van der Waals surface area contributed by atoms with Gasteiger partial charge in [0.1, 0.15) is 0 Å². The normalized spacial score (nSPS) is 18.1. The van der Waals surface area contributed by atoms with E-state index in [1.54, 1.807) is 13.8 Å². The van der Waals surface area contributed by atoms with Crippen molar-refractivity contribution in [2.24, 2.45) is 4.99 Å². The van der Waals surface area contributed by atoms with Gasteiger partial charge in [0.2, 0.25) is 5.96 Å². The second kappa shape index (κ2) is 6.13. The maximum absolute atomic E-state index is 11.6. The minimum atomic E-state index is -0.495. The van der Waals surface area contributed by atoms with Gasteiger partial charge < -0.3 is 9.64 Å². The highest BCUT2D eigenvalue weighted by molar-refractivity contribution is 6.31. The van der Waals surface area contributed by atoms with Crippen molar-refractivity contribution in [1.82, 2.24) is 10.2 Å². The number of ether oxygens (including phenoxy) is 1. The number of hydrogen-bond acceptors (Lipinski definition) is 4. The number of guanidine groups is 1. The minimum Gasteiger partial charge on any atom is -0.447 e. The molecule has 0 saturated heterocycles. The van der Waals surface area contributed by atoms with E-state index in [1.165, 1.54) is 0 Å². The summed E-state index contributed by atoms with van der Waals surface area (Å²) in [6.45, 7) is 4.15. The average molecular weight is 296 g/mol. The maximum atomic E-state index is 11.6. The summed E-state index contributed by atoms with van der Waals surface area (Å²) in [5, 5.41) is 3.35. The summed E-state index contributed by atoms with van der Waals surface area (Å²) in [7, 11) is 1.87. The van der Waals surface area contributed by atoms with Crippen molar-refractivity contribution in [2.75, 3.05) is 13.6 Å². The lowest BCUT2D eigenvalue weighted by molar-refractivity contribution is 0.119. The Morgan fingerprint density at radius 1 is 1.50 bits per heavy atom. The summed E-state index contributed by atoms with van der Waals surface area (Å²) >= 11 is 6.20. The third kappa shape index (κ3) is 3.22. The number of nitrogens with zero attached hydrogens (tertiary/aromatic N) is 2. The first-order valence-electron chi connectivity index (χ1n) is 6.48. The number of carbonyl (C=O) groups is 1. The van der Waals surface area contributed by atoms with Crippen LogP contribution in [0.5, 0.6) is 0 Å². The van der Waals surface area contributed by atoms with Crippen molar-refractivity contribution in [3.8, 4) is 0 Å². The molecule has 1 atom stereocenters. The lowest BCUT2D eigenvalue weighted by Gasteiger charge is -2.24. The van der Waals surface area contributed by atoms with Crippen molar-refractivity contribution >= 4 is 23.7 Å². The van der Waals surface area contributed by atoms with Crippen LogP contribution in [0.3, 0.4) is 0 Å². The van der Waals surface area contributed by atoms with Crippen LogP contribution < -0.4 is 5.32 Å². The molecule has 1 aromatic carbocycles. The van der Waals surface area contributed by atoms with Crippen LogP contribution in [0.4, 0.5) is 4.79 Å². The molecule has 5 nitrogen and oxygen atoms in total. The predicted molar refractivity (Wildman–Crippen MR) is 79.0 cm³/mol. The zero-order chi connectivity index (χ0) is 14.7. The van der Waals surface area contributed by atoms with Crippen LogP contribution in [0, 0.1) is 0 Å². The largest absolute Gasteiger partial charge is 0.447 e. The molecule has 1 unspecified atom stereocenters. The summed E-state index contributed by atoms with van der Waals surface area (Å²) in [5.74, 6) is 0.501. The molecule has 1 aromatic rings. The van der Waals surface area contributed by atoms with Crippen molar-refractivity contribution < 1.29 is 9.53 Å². The number of nitrogens with one attached hydrogen (secondary N) is 1. The van der Waals surface area contributed by atoms with E-state index < -0.39 is 6.09 Å². The first kappa shape index (κ1) is 14.7. The fourth-order valence-corrected chi connectivity index (χ4v) is 2.33. The fraction of sp³-hybridized carbons (Fsp3) is 0.429. The fourth-order valence-electron chi connectivity index (χ4n) is 2.07. The van der Waals surface area contributed by atoms with E-state index in [4.69, 9.17) is 16.3 Å². The van der Waals surface area contributed by atoms with Crippen LogP contribution in [0.25, 0.3) is 0 Å². The number of carbonyl (C=O) groups excluding carboxylic acids is 1. The zero-order valence-electron chi connectivity index (χ0n) is 11.8. The summed E-state index contributed by atoms with van der Waals surface area (Å²) in [5.41, 5.74) is 0.995. The third-order valence-electron chi connectivity index (χ3n) is 3.04. The number of alkyl carbamates (subject to hydrolysis) is 1. The molecule has 1 aliphatic rings. The van der Waals surface area contributed by atoms with Crippen LogP contribution in [-0.2, 0) is 4.74 Å². The van der Waals surface area contributed by atoms with E-state index in [-0.39, 0.29) is 12.1 Å². The SMILES string of the molecule is CC(C)OC(=O)NC1=NCC(c2ccccc2Cl)N1C. The molecule has 1 amide bonds. The van der Waals surface area contributed by atoms with E-state index in [1.807, 2.05) is 36.2 Å². The average Bonchev–Trinajstić information content (AvgIpc) is 2.71. The standard InChI is InChI=1S/C14H18ClN3O2/c1-9(2)20-14(19)17-13-16-8-12(18(13)3)10-6-4-5-7-11(10)15/h4-7,9,12H,8H2,1-3H3,(H,16,17,19). The van der Waals surface area contributed by atoms with E-state index in [9.17, 15) is 4.79 Å². The van der Waals surface area contributed by atoms with Gasteiger partial charge in [0.15, 0.2) is 0 Å². The van der Waals surface area contributed by atoms with E-state index in [2.05, 4.69) is 10.3 Å². The molecule has 2 rings (SSSR count). The number of amides is 1. The van der Waals surface area contributed by atoms with Crippen LogP contribution in [0.2, 0.25) is 5.02 Å². The van der Waals surface area contributed by atoms with Gasteiger partial charge in [-0.15, -0.1) is 0 Å². The minimum absolute atomic E-state index is 0.0260. The molecular weight excluding hydrogens is 278 g/mol. The number of aliphatic imine (C=N–C) groups is 1. The highest BCUT2D eigenvalue weighted by Gasteiger charge is 2.28. The van der Waals surface area contributed by atoms with E-state index in [0.717, 1.165) is 5.56 Å². The first-order valence-corrected chi connectivity index (χ1v) is 6.86. The predicted octanol–water partition coefficient (Wildman–Crippen LogP) is 2.82. The Bertz CT molecular complexity index is 531. The van der Waals surface area contributed by atoms with Gasteiger partial charge in [0.05, 0.1) is 18.7 Å². The molecule has 1 N–H and O–H groups in total. The molecule has 0 saturated carbocycles. The van der Waals surface area contributed by atoms with Gasteiger partial charge in [-0.1, -0.05) is 29.8 Å². The van der Waals surface area contributed by atoms with Crippen LogP contribution >= 0.6 is 11.6 Å². The number of rotatable bonds is 2. The van der Waals surface area contributed by atoms with E-state index >= 15 is 0 Å². The zero-order valence-corrected chi connectivity index (χ0v) is 12.5. The van der Waals surface area contributed by atoms with Crippen LogP contribution in [0.15, 0.2) is 29.3 Å². The molecule has 0 fully saturated rings.